The highest BCUT2D eigenvalue weighted by molar-refractivity contribution is 9.10. The first-order chi connectivity index (χ1) is 10.6. The minimum absolute atomic E-state index is 0. The van der Waals surface area contributed by atoms with Gasteiger partial charge in [0.15, 0.2) is 0 Å². The van der Waals surface area contributed by atoms with E-state index >= 15 is 0 Å². The summed E-state index contributed by atoms with van der Waals surface area (Å²) in [5.41, 5.74) is 1.18. The Morgan fingerprint density at radius 2 is 2.04 bits per heavy atom. The number of hydrogen-bond acceptors (Lipinski definition) is 2. The number of hydrogen-bond donors (Lipinski definition) is 1. The van der Waals surface area contributed by atoms with Gasteiger partial charge in [0.1, 0.15) is 0 Å². The zero-order chi connectivity index (χ0) is 15.9. The molecule has 23 heavy (non-hydrogen) atoms. The second-order valence-electron chi connectivity index (χ2n) is 6.48. The van der Waals surface area contributed by atoms with E-state index in [9.17, 15) is 4.79 Å². The highest BCUT2D eigenvalue weighted by Gasteiger charge is 2.20. The van der Waals surface area contributed by atoms with Crippen LogP contribution in [0.5, 0.6) is 0 Å². The normalized spacial score (nSPS) is 15.3. The van der Waals surface area contributed by atoms with E-state index in [2.05, 4.69) is 47.2 Å². The molecule has 1 heterocycles. The molecule has 1 aliphatic rings. The third-order valence-electron chi connectivity index (χ3n) is 4.41. The van der Waals surface area contributed by atoms with Gasteiger partial charge in [0, 0.05) is 23.5 Å². The standard InChI is InChI=1S/C18H27BrN2O.ClH/c1-14(2)21(13-16-4-3-5-17(19)12-16)18(22)7-6-15-8-10-20-11-9-15;/h3-5,12,14-15,20H,6-11,13H2,1-2H3;1H. The molecule has 1 fully saturated rings. The topological polar surface area (TPSA) is 32.3 Å². The summed E-state index contributed by atoms with van der Waals surface area (Å²) in [6.45, 7) is 7.10. The lowest BCUT2D eigenvalue weighted by atomic mass is 9.93. The fraction of sp³-hybridized carbons (Fsp3) is 0.611. The van der Waals surface area contributed by atoms with Crippen molar-refractivity contribution >= 4 is 34.2 Å². The number of piperidine rings is 1. The van der Waals surface area contributed by atoms with Crippen LogP contribution in [0.4, 0.5) is 0 Å². The number of rotatable bonds is 6. The molecular formula is C18H28BrClN2O. The molecule has 1 amide bonds. The van der Waals surface area contributed by atoms with Crippen molar-refractivity contribution in [1.29, 1.82) is 0 Å². The Balaban J connectivity index is 0.00000264. The molecule has 0 unspecified atom stereocenters. The molecule has 0 bridgehead atoms. The third kappa shape index (κ3) is 6.82. The van der Waals surface area contributed by atoms with Gasteiger partial charge in [-0.15, -0.1) is 12.4 Å². The van der Waals surface area contributed by atoms with Gasteiger partial charge in [-0.3, -0.25) is 4.79 Å². The quantitative estimate of drug-likeness (QED) is 0.764. The molecule has 0 saturated carbocycles. The lowest BCUT2D eigenvalue weighted by Gasteiger charge is -2.28. The minimum Gasteiger partial charge on any atom is -0.336 e. The highest BCUT2D eigenvalue weighted by Crippen LogP contribution is 2.20. The zero-order valence-electron chi connectivity index (χ0n) is 14.1. The first-order valence-corrected chi connectivity index (χ1v) is 9.10. The lowest BCUT2D eigenvalue weighted by molar-refractivity contribution is -0.133. The van der Waals surface area contributed by atoms with Crippen LogP contribution in [0.15, 0.2) is 28.7 Å². The van der Waals surface area contributed by atoms with Gasteiger partial charge in [0.05, 0.1) is 0 Å². The largest absolute Gasteiger partial charge is 0.336 e. The first kappa shape index (κ1) is 20.5. The monoisotopic (exact) mass is 402 g/mol. The molecule has 2 rings (SSSR count). The van der Waals surface area contributed by atoms with Crippen molar-refractivity contribution < 1.29 is 4.79 Å². The molecule has 1 aromatic carbocycles. The number of nitrogens with one attached hydrogen (secondary N) is 1. The lowest BCUT2D eigenvalue weighted by Crippen LogP contribution is -2.37. The first-order valence-electron chi connectivity index (χ1n) is 8.31. The van der Waals surface area contributed by atoms with E-state index in [4.69, 9.17) is 0 Å². The van der Waals surface area contributed by atoms with Crippen molar-refractivity contribution in [3.05, 3.63) is 34.3 Å². The fourth-order valence-corrected chi connectivity index (χ4v) is 3.48. The molecule has 0 spiro atoms. The average molecular weight is 404 g/mol. The van der Waals surface area contributed by atoms with E-state index < -0.39 is 0 Å². The Hall–Kier alpha value is -0.580. The van der Waals surface area contributed by atoms with E-state index in [1.165, 1.54) is 18.4 Å². The number of carbonyl (C=O) groups excluding carboxylic acids is 1. The summed E-state index contributed by atoms with van der Waals surface area (Å²) in [7, 11) is 0. The van der Waals surface area contributed by atoms with E-state index in [1.54, 1.807) is 0 Å². The number of benzene rings is 1. The van der Waals surface area contributed by atoms with Gasteiger partial charge >= 0.3 is 0 Å². The van der Waals surface area contributed by atoms with Gasteiger partial charge < -0.3 is 10.2 Å². The van der Waals surface area contributed by atoms with Crippen molar-refractivity contribution in [2.45, 2.75) is 52.1 Å². The van der Waals surface area contributed by atoms with Crippen molar-refractivity contribution in [1.82, 2.24) is 10.2 Å². The van der Waals surface area contributed by atoms with Gasteiger partial charge in [-0.2, -0.15) is 0 Å². The van der Waals surface area contributed by atoms with Crippen molar-refractivity contribution in [2.24, 2.45) is 5.92 Å². The zero-order valence-corrected chi connectivity index (χ0v) is 16.5. The predicted molar refractivity (Wildman–Crippen MR) is 102 cm³/mol. The Morgan fingerprint density at radius 3 is 2.65 bits per heavy atom. The number of nitrogens with zero attached hydrogens (tertiary/aromatic N) is 1. The maximum Gasteiger partial charge on any atom is 0.223 e. The van der Waals surface area contributed by atoms with Crippen LogP contribution in [0, 0.1) is 5.92 Å². The molecule has 3 nitrogen and oxygen atoms in total. The predicted octanol–water partition coefficient (Wildman–Crippen LogP) is 4.39. The Morgan fingerprint density at radius 1 is 1.35 bits per heavy atom. The molecule has 0 aliphatic carbocycles. The van der Waals surface area contributed by atoms with Crippen LogP contribution in [-0.2, 0) is 11.3 Å². The van der Waals surface area contributed by atoms with Gasteiger partial charge in [0.25, 0.3) is 0 Å². The molecule has 1 aliphatic heterocycles. The van der Waals surface area contributed by atoms with Crippen LogP contribution in [0.2, 0.25) is 0 Å². The minimum atomic E-state index is 0. The van der Waals surface area contributed by atoms with Crippen LogP contribution in [0.25, 0.3) is 0 Å². The molecule has 0 radical (unpaired) electrons. The van der Waals surface area contributed by atoms with Gasteiger partial charge in [-0.25, -0.2) is 0 Å². The SMILES string of the molecule is CC(C)N(Cc1cccc(Br)c1)C(=O)CCC1CCNCC1.Cl. The van der Waals surface area contributed by atoms with E-state index in [0.717, 1.165) is 24.0 Å². The van der Waals surface area contributed by atoms with Crippen LogP contribution < -0.4 is 5.32 Å². The van der Waals surface area contributed by atoms with Crippen LogP contribution in [0.3, 0.4) is 0 Å². The maximum atomic E-state index is 12.6. The molecule has 1 N–H and O–H groups in total. The molecule has 1 saturated heterocycles. The summed E-state index contributed by atoms with van der Waals surface area (Å²) in [4.78, 5) is 14.6. The molecule has 0 atom stereocenters. The van der Waals surface area contributed by atoms with E-state index in [0.29, 0.717) is 18.9 Å². The molecule has 1 aromatic rings. The third-order valence-corrected chi connectivity index (χ3v) is 4.90. The van der Waals surface area contributed by atoms with Crippen molar-refractivity contribution in [3.8, 4) is 0 Å². The van der Waals surface area contributed by atoms with Crippen molar-refractivity contribution in [2.75, 3.05) is 13.1 Å². The maximum absolute atomic E-state index is 12.6. The molecule has 5 heteroatoms. The smallest absolute Gasteiger partial charge is 0.223 e. The van der Waals surface area contributed by atoms with Crippen molar-refractivity contribution in [3.63, 3.8) is 0 Å². The van der Waals surface area contributed by atoms with Gasteiger partial charge in [-0.05, 0) is 69.8 Å². The fourth-order valence-electron chi connectivity index (χ4n) is 3.03. The summed E-state index contributed by atoms with van der Waals surface area (Å²) in [5, 5.41) is 3.38. The average Bonchev–Trinajstić information content (AvgIpc) is 2.51. The Bertz CT molecular complexity index is 490. The van der Waals surface area contributed by atoms with Gasteiger partial charge in [0.2, 0.25) is 5.91 Å². The van der Waals surface area contributed by atoms with Gasteiger partial charge in [-0.1, -0.05) is 28.1 Å². The summed E-state index contributed by atoms with van der Waals surface area (Å²) in [5.74, 6) is 0.999. The highest BCUT2D eigenvalue weighted by atomic mass is 79.9. The summed E-state index contributed by atoms with van der Waals surface area (Å²) in [6, 6.07) is 8.45. The summed E-state index contributed by atoms with van der Waals surface area (Å²) < 4.78 is 1.07. The second-order valence-corrected chi connectivity index (χ2v) is 7.39. The number of carbonyl (C=O) groups is 1. The van der Waals surface area contributed by atoms with Crippen LogP contribution in [0.1, 0.15) is 45.1 Å². The molecule has 130 valence electrons. The van der Waals surface area contributed by atoms with E-state index in [1.807, 2.05) is 17.0 Å². The summed E-state index contributed by atoms with van der Waals surface area (Å²) in [6.07, 6.45) is 4.13. The molecule has 0 aromatic heterocycles. The molecular weight excluding hydrogens is 376 g/mol. The second kappa shape index (κ2) is 10.3. The summed E-state index contributed by atoms with van der Waals surface area (Å²) >= 11 is 3.50. The van der Waals surface area contributed by atoms with E-state index in [-0.39, 0.29) is 24.4 Å². The number of halogens is 2. The Labute approximate surface area is 154 Å². The Kier molecular flexibility index (Phi) is 9.18. The number of amides is 1. The van der Waals surface area contributed by atoms with Crippen LogP contribution >= 0.6 is 28.3 Å². The van der Waals surface area contributed by atoms with Crippen LogP contribution in [-0.4, -0.2) is 29.9 Å².